The first kappa shape index (κ1) is 21.4. The summed E-state index contributed by atoms with van der Waals surface area (Å²) in [5.41, 5.74) is 0.854. The van der Waals surface area contributed by atoms with Crippen molar-refractivity contribution in [1.29, 1.82) is 0 Å². The van der Waals surface area contributed by atoms with Crippen LogP contribution in [0.1, 0.15) is 39.7 Å². The van der Waals surface area contributed by atoms with E-state index in [0.717, 1.165) is 5.56 Å². The van der Waals surface area contributed by atoms with Crippen LogP contribution >= 0.6 is 0 Å². The summed E-state index contributed by atoms with van der Waals surface area (Å²) in [6, 6.07) is 8.49. The maximum Gasteiger partial charge on any atom is 0.408 e. The summed E-state index contributed by atoms with van der Waals surface area (Å²) in [6.45, 7) is 7.66. The number of ether oxygens (including phenoxy) is 1. The monoisotopic (exact) mass is 361 g/mol. The molecule has 0 aliphatic rings. The Kier molecular flexibility index (Phi) is 9.09. The molecule has 0 unspecified atom stereocenters. The third-order valence-electron chi connectivity index (χ3n) is 3.64. The van der Waals surface area contributed by atoms with E-state index in [-0.39, 0.29) is 18.4 Å². The van der Waals surface area contributed by atoms with Crippen molar-refractivity contribution in [3.05, 3.63) is 35.9 Å². The fraction of sp³-hybridized carbons (Fsp3) is 0.526. The Labute approximate surface area is 154 Å². The van der Waals surface area contributed by atoms with E-state index in [4.69, 9.17) is 4.74 Å². The molecule has 0 spiro atoms. The highest BCUT2D eigenvalue weighted by Crippen LogP contribution is 2.09. The quantitative estimate of drug-likeness (QED) is 0.522. The molecule has 0 aliphatic carbocycles. The molecule has 2 N–H and O–H groups in total. The molecule has 0 saturated carbocycles. The van der Waals surface area contributed by atoms with Crippen LogP contribution in [0.15, 0.2) is 35.3 Å². The smallest absolute Gasteiger partial charge is 0.408 e. The van der Waals surface area contributed by atoms with E-state index in [1.807, 2.05) is 58.0 Å². The molecule has 26 heavy (non-hydrogen) atoms. The molecule has 142 valence electrons. The highest BCUT2D eigenvalue weighted by atomic mass is 16.5. The van der Waals surface area contributed by atoms with Crippen molar-refractivity contribution in [2.45, 2.75) is 52.9 Å². The van der Waals surface area contributed by atoms with Crippen LogP contribution in [0.4, 0.5) is 4.79 Å². The predicted molar refractivity (Wildman–Crippen MR) is 97.9 cm³/mol. The Hall–Kier alpha value is -2.66. The van der Waals surface area contributed by atoms with Gasteiger partial charge in [0.25, 0.3) is 0 Å². The first-order chi connectivity index (χ1) is 12.3. The molecule has 0 heterocycles. The predicted octanol–water partition coefficient (Wildman–Crippen LogP) is 2.76. The molecule has 2 atom stereocenters. The standard InChI is InChI=1S/C19H27N3O4/c1-13(2)10-16(18(24)22-17(14(3)4)20-12-23)21-19(25)26-11-15-8-6-5-7-9-15/h5-9,13-14,16-17H,10-11H2,1-4H3,(H,21,25)(H,22,24)/t16-,17-/m0/s1. The zero-order valence-corrected chi connectivity index (χ0v) is 15.7. The lowest BCUT2D eigenvalue weighted by atomic mass is 10.0. The molecule has 2 amide bonds. The topological polar surface area (TPSA) is 96.9 Å². The molecule has 1 aromatic rings. The van der Waals surface area contributed by atoms with E-state index < -0.39 is 24.2 Å². The number of benzene rings is 1. The van der Waals surface area contributed by atoms with Crippen LogP contribution in [0.3, 0.4) is 0 Å². The van der Waals surface area contributed by atoms with Gasteiger partial charge in [-0.15, -0.1) is 0 Å². The summed E-state index contributed by atoms with van der Waals surface area (Å²) >= 11 is 0. The zero-order valence-electron chi connectivity index (χ0n) is 15.7. The zero-order chi connectivity index (χ0) is 19.5. The van der Waals surface area contributed by atoms with Crippen molar-refractivity contribution < 1.29 is 19.1 Å². The minimum Gasteiger partial charge on any atom is -0.445 e. The molecule has 0 radical (unpaired) electrons. The molecule has 0 bridgehead atoms. The van der Waals surface area contributed by atoms with E-state index in [1.165, 1.54) is 6.08 Å². The molecule has 1 aromatic carbocycles. The fourth-order valence-corrected chi connectivity index (χ4v) is 2.26. The SMILES string of the molecule is CC(C)C[C@H](NC(=O)OCc1ccccc1)C(=O)N[C@H](N=C=O)C(C)C. The number of rotatable bonds is 9. The third kappa shape index (κ3) is 7.94. The maximum atomic E-state index is 12.5. The van der Waals surface area contributed by atoms with Crippen LogP contribution in [0, 0.1) is 11.8 Å². The molecule has 0 saturated heterocycles. The average Bonchev–Trinajstić information content (AvgIpc) is 2.59. The van der Waals surface area contributed by atoms with Crippen molar-refractivity contribution in [1.82, 2.24) is 10.6 Å². The Morgan fingerprint density at radius 3 is 2.31 bits per heavy atom. The Bertz CT molecular complexity index is 625. The number of hydrogen-bond donors (Lipinski definition) is 2. The van der Waals surface area contributed by atoms with Crippen LogP contribution in [0.25, 0.3) is 0 Å². The lowest BCUT2D eigenvalue weighted by Gasteiger charge is -2.23. The Balaban J connectivity index is 2.68. The van der Waals surface area contributed by atoms with Crippen LogP contribution in [0.5, 0.6) is 0 Å². The van der Waals surface area contributed by atoms with Gasteiger partial charge < -0.3 is 15.4 Å². The normalized spacial score (nSPS) is 12.8. The Morgan fingerprint density at radius 1 is 1.12 bits per heavy atom. The minimum atomic E-state index is -0.777. The summed E-state index contributed by atoms with van der Waals surface area (Å²) in [5, 5.41) is 5.25. The van der Waals surface area contributed by atoms with Gasteiger partial charge in [0.05, 0.1) is 0 Å². The summed E-state index contributed by atoms with van der Waals surface area (Å²) < 4.78 is 5.17. The van der Waals surface area contributed by atoms with Crippen LogP contribution in [0.2, 0.25) is 0 Å². The van der Waals surface area contributed by atoms with E-state index >= 15 is 0 Å². The molecule has 7 heteroatoms. The fourth-order valence-electron chi connectivity index (χ4n) is 2.26. The summed E-state index contributed by atoms with van der Waals surface area (Å²) in [7, 11) is 0. The minimum absolute atomic E-state index is 0.0786. The van der Waals surface area contributed by atoms with Crippen molar-refractivity contribution in [3.8, 4) is 0 Å². The van der Waals surface area contributed by atoms with E-state index in [0.29, 0.717) is 6.42 Å². The molecule has 0 fully saturated rings. The van der Waals surface area contributed by atoms with Crippen LogP contribution < -0.4 is 10.6 Å². The lowest BCUT2D eigenvalue weighted by molar-refractivity contribution is -0.124. The third-order valence-corrected chi connectivity index (χ3v) is 3.64. The van der Waals surface area contributed by atoms with Gasteiger partial charge in [-0.1, -0.05) is 58.0 Å². The van der Waals surface area contributed by atoms with Gasteiger partial charge >= 0.3 is 6.09 Å². The summed E-state index contributed by atoms with van der Waals surface area (Å²) in [6.07, 6.45) is 0.539. The maximum absolute atomic E-state index is 12.5. The van der Waals surface area contributed by atoms with Gasteiger partial charge in [0.1, 0.15) is 18.8 Å². The van der Waals surface area contributed by atoms with Gasteiger partial charge in [-0.05, 0) is 23.8 Å². The second-order valence-corrected chi connectivity index (χ2v) is 6.81. The first-order valence-electron chi connectivity index (χ1n) is 8.68. The molecular formula is C19H27N3O4. The number of alkyl carbamates (subject to hydrolysis) is 1. The largest absolute Gasteiger partial charge is 0.445 e. The number of carbonyl (C=O) groups excluding carboxylic acids is 3. The van der Waals surface area contributed by atoms with Gasteiger partial charge in [-0.2, -0.15) is 4.99 Å². The van der Waals surface area contributed by atoms with E-state index in [9.17, 15) is 14.4 Å². The number of amides is 2. The number of nitrogens with one attached hydrogen (secondary N) is 2. The highest BCUT2D eigenvalue weighted by Gasteiger charge is 2.25. The summed E-state index contributed by atoms with van der Waals surface area (Å²) in [4.78, 5) is 38.7. The second kappa shape index (κ2) is 11.1. The van der Waals surface area contributed by atoms with Crippen LogP contribution in [-0.4, -0.2) is 30.3 Å². The van der Waals surface area contributed by atoms with Gasteiger partial charge in [-0.3, -0.25) is 4.79 Å². The highest BCUT2D eigenvalue weighted by molar-refractivity contribution is 5.85. The van der Waals surface area contributed by atoms with Gasteiger partial charge in [0.2, 0.25) is 12.0 Å². The number of isocyanates is 1. The van der Waals surface area contributed by atoms with Crippen molar-refractivity contribution in [3.63, 3.8) is 0 Å². The summed E-state index contributed by atoms with van der Waals surface area (Å²) in [5.74, 6) is -0.314. The number of carbonyl (C=O) groups is 2. The van der Waals surface area contributed by atoms with Crippen molar-refractivity contribution in [2.75, 3.05) is 0 Å². The molecule has 0 aromatic heterocycles. The Morgan fingerprint density at radius 2 is 1.77 bits per heavy atom. The van der Waals surface area contributed by atoms with E-state index in [2.05, 4.69) is 15.6 Å². The van der Waals surface area contributed by atoms with Crippen LogP contribution in [-0.2, 0) is 20.9 Å². The number of hydrogen-bond acceptors (Lipinski definition) is 5. The first-order valence-corrected chi connectivity index (χ1v) is 8.68. The van der Waals surface area contributed by atoms with Gasteiger partial charge in [0, 0.05) is 0 Å². The number of nitrogens with zero attached hydrogens (tertiary/aromatic N) is 1. The van der Waals surface area contributed by atoms with Crippen molar-refractivity contribution >= 4 is 18.1 Å². The molecule has 7 nitrogen and oxygen atoms in total. The van der Waals surface area contributed by atoms with Gasteiger partial charge in [0.15, 0.2) is 0 Å². The van der Waals surface area contributed by atoms with Gasteiger partial charge in [-0.25, -0.2) is 9.59 Å². The lowest BCUT2D eigenvalue weighted by Crippen LogP contribution is -2.50. The van der Waals surface area contributed by atoms with Crippen molar-refractivity contribution in [2.24, 2.45) is 16.8 Å². The molecule has 0 aliphatic heterocycles. The molecular weight excluding hydrogens is 334 g/mol. The number of aliphatic imine (C=N–C) groups is 1. The van der Waals surface area contributed by atoms with E-state index in [1.54, 1.807) is 0 Å². The second-order valence-electron chi connectivity index (χ2n) is 6.81. The molecule has 1 rings (SSSR count). The average molecular weight is 361 g/mol.